The topological polar surface area (TPSA) is 17.1 Å². The van der Waals surface area contributed by atoms with Gasteiger partial charge in [0.25, 0.3) is 0 Å². The van der Waals surface area contributed by atoms with Crippen LogP contribution in [0.2, 0.25) is 0 Å². The first-order valence-corrected chi connectivity index (χ1v) is 4.78. The van der Waals surface area contributed by atoms with E-state index in [2.05, 4.69) is 13.5 Å². The highest BCUT2D eigenvalue weighted by atomic mass is 35.5. The second kappa shape index (κ2) is 3.61. The molecule has 0 saturated heterocycles. The van der Waals surface area contributed by atoms with Gasteiger partial charge >= 0.3 is 0 Å². The van der Waals surface area contributed by atoms with Crippen LogP contribution in [-0.4, -0.2) is 6.29 Å². The molecule has 0 heterocycles. The molecule has 0 radical (unpaired) electrons. The molecule has 0 spiro atoms. The van der Waals surface area contributed by atoms with E-state index >= 15 is 0 Å². The van der Waals surface area contributed by atoms with Crippen molar-refractivity contribution in [1.29, 1.82) is 0 Å². The molecule has 1 aliphatic rings. The van der Waals surface area contributed by atoms with Gasteiger partial charge < -0.3 is 4.79 Å². The predicted octanol–water partition coefficient (Wildman–Crippen LogP) is 3.13. The van der Waals surface area contributed by atoms with Gasteiger partial charge in [0.1, 0.15) is 6.29 Å². The summed E-state index contributed by atoms with van der Waals surface area (Å²) in [5, 5.41) is 0.607. The normalized spacial score (nSPS) is 35.0. The van der Waals surface area contributed by atoms with Crippen LogP contribution in [0.3, 0.4) is 0 Å². The molecule has 1 rings (SSSR count). The lowest BCUT2D eigenvalue weighted by Crippen LogP contribution is -2.25. The molecule has 1 aliphatic carbocycles. The van der Waals surface area contributed by atoms with E-state index in [0.717, 1.165) is 25.5 Å². The molecule has 0 N–H and O–H groups in total. The minimum absolute atomic E-state index is 0.196. The minimum Gasteiger partial charge on any atom is -0.303 e. The Balaban J connectivity index is 2.74. The molecule has 2 unspecified atom stereocenters. The summed E-state index contributed by atoms with van der Waals surface area (Å²) in [5.41, 5.74) is -0.196. The van der Waals surface area contributed by atoms with Gasteiger partial charge in [0.15, 0.2) is 0 Å². The maximum Gasteiger partial charge on any atom is 0.126 e. The fraction of sp³-hybridized carbons (Fsp3) is 0.700. The lowest BCUT2D eigenvalue weighted by Gasteiger charge is -2.26. The lowest BCUT2D eigenvalue weighted by molar-refractivity contribution is -0.117. The summed E-state index contributed by atoms with van der Waals surface area (Å²) < 4.78 is 0. The molecule has 68 valence electrons. The number of carbonyl (C=O) groups is 1. The minimum atomic E-state index is -0.196. The van der Waals surface area contributed by atoms with Gasteiger partial charge in [0.2, 0.25) is 0 Å². The molecule has 0 bridgehead atoms. The smallest absolute Gasteiger partial charge is 0.126 e. The third-order valence-corrected chi connectivity index (χ3v) is 3.15. The molecule has 0 amide bonds. The Morgan fingerprint density at radius 2 is 2.50 bits per heavy atom. The van der Waals surface area contributed by atoms with Gasteiger partial charge in [-0.15, -0.1) is 0 Å². The Morgan fingerprint density at radius 3 is 2.83 bits per heavy atom. The van der Waals surface area contributed by atoms with Gasteiger partial charge in [-0.2, -0.15) is 0 Å². The molecule has 0 aromatic heterocycles. The van der Waals surface area contributed by atoms with Crippen molar-refractivity contribution in [3.63, 3.8) is 0 Å². The summed E-state index contributed by atoms with van der Waals surface area (Å²) in [6.45, 7) is 5.78. The summed E-state index contributed by atoms with van der Waals surface area (Å²) >= 11 is 5.74. The number of hydrogen-bond acceptors (Lipinski definition) is 1. The van der Waals surface area contributed by atoms with Crippen molar-refractivity contribution >= 4 is 17.9 Å². The fourth-order valence-electron chi connectivity index (χ4n) is 2.11. The zero-order chi connectivity index (χ0) is 9.19. The molecule has 2 atom stereocenters. The molecular weight excluding hydrogens is 172 g/mol. The van der Waals surface area contributed by atoms with Gasteiger partial charge in [-0.3, -0.25) is 0 Å². The lowest BCUT2D eigenvalue weighted by atomic mass is 9.77. The van der Waals surface area contributed by atoms with Crippen LogP contribution in [0.1, 0.15) is 32.6 Å². The van der Waals surface area contributed by atoms with Crippen molar-refractivity contribution < 1.29 is 4.79 Å². The van der Waals surface area contributed by atoms with E-state index < -0.39 is 0 Å². The highest BCUT2D eigenvalue weighted by molar-refractivity contribution is 6.29. The van der Waals surface area contributed by atoms with Crippen LogP contribution in [0.5, 0.6) is 0 Å². The van der Waals surface area contributed by atoms with Crippen molar-refractivity contribution in [2.24, 2.45) is 11.3 Å². The van der Waals surface area contributed by atoms with Gasteiger partial charge in [-0.1, -0.05) is 31.5 Å². The van der Waals surface area contributed by atoms with Crippen LogP contribution in [0.25, 0.3) is 0 Å². The van der Waals surface area contributed by atoms with Crippen LogP contribution in [0.15, 0.2) is 11.6 Å². The second-order valence-electron chi connectivity index (χ2n) is 3.84. The summed E-state index contributed by atoms with van der Waals surface area (Å²) in [5.74, 6) is 0.463. The summed E-state index contributed by atoms with van der Waals surface area (Å²) in [4.78, 5) is 11.0. The second-order valence-corrected chi connectivity index (χ2v) is 4.37. The molecule has 12 heavy (non-hydrogen) atoms. The summed E-state index contributed by atoms with van der Waals surface area (Å²) in [6, 6.07) is 0. The first-order chi connectivity index (χ1) is 5.60. The zero-order valence-electron chi connectivity index (χ0n) is 7.48. The predicted molar refractivity (Wildman–Crippen MR) is 51.1 cm³/mol. The van der Waals surface area contributed by atoms with Crippen LogP contribution >= 0.6 is 11.6 Å². The van der Waals surface area contributed by atoms with Gasteiger partial charge in [0.05, 0.1) is 0 Å². The van der Waals surface area contributed by atoms with Crippen molar-refractivity contribution in [3.8, 4) is 0 Å². The van der Waals surface area contributed by atoms with Gasteiger partial charge in [0, 0.05) is 10.4 Å². The first kappa shape index (κ1) is 9.79. The molecule has 0 aromatic rings. The maximum absolute atomic E-state index is 11.0. The molecular formula is C10H15ClO. The van der Waals surface area contributed by atoms with Crippen LogP contribution in [-0.2, 0) is 4.79 Å². The Kier molecular flexibility index (Phi) is 2.94. The van der Waals surface area contributed by atoms with Crippen molar-refractivity contribution in [3.05, 3.63) is 11.6 Å². The number of carbonyl (C=O) groups excluding carboxylic acids is 1. The molecule has 1 fully saturated rings. The van der Waals surface area contributed by atoms with E-state index in [1.807, 2.05) is 0 Å². The summed E-state index contributed by atoms with van der Waals surface area (Å²) in [7, 11) is 0. The molecule has 0 aliphatic heterocycles. The Hall–Kier alpha value is -0.300. The quantitative estimate of drug-likeness (QED) is 0.619. The monoisotopic (exact) mass is 186 g/mol. The van der Waals surface area contributed by atoms with Crippen LogP contribution in [0, 0.1) is 11.3 Å². The van der Waals surface area contributed by atoms with Crippen molar-refractivity contribution in [2.45, 2.75) is 32.6 Å². The van der Waals surface area contributed by atoms with Crippen molar-refractivity contribution in [2.75, 3.05) is 0 Å². The van der Waals surface area contributed by atoms with E-state index in [0.29, 0.717) is 17.4 Å². The Bertz CT molecular complexity index is 200. The van der Waals surface area contributed by atoms with E-state index in [1.54, 1.807) is 0 Å². The molecule has 1 nitrogen and oxygen atoms in total. The SMILES string of the molecule is C=C(Cl)CC1(C=O)CCCC1C. The average molecular weight is 187 g/mol. The highest BCUT2D eigenvalue weighted by Gasteiger charge is 2.40. The number of hydrogen-bond donors (Lipinski definition) is 0. The van der Waals surface area contributed by atoms with Crippen LogP contribution < -0.4 is 0 Å². The Morgan fingerprint density at radius 1 is 1.83 bits per heavy atom. The highest BCUT2D eigenvalue weighted by Crippen LogP contribution is 2.46. The maximum atomic E-state index is 11.0. The standard InChI is InChI=1S/C10H15ClO/c1-8-4-3-5-10(8,7-12)6-9(2)11/h7-8H,2-6H2,1H3. The number of allylic oxidation sites excluding steroid dienone is 1. The van der Waals surface area contributed by atoms with Crippen molar-refractivity contribution in [1.82, 2.24) is 0 Å². The van der Waals surface area contributed by atoms with E-state index in [-0.39, 0.29) is 5.41 Å². The average Bonchev–Trinajstić information content (AvgIpc) is 2.32. The summed E-state index contributed by atoms with van der Waals surface area (Å²) in [6.07, 6.45) is 4.99. The molecule has 1 saturated carbocycles. The zero-order valence-corrected chi connectivity index (χ0v) is 8.23. The van der Waals surface area contributed by atoms with Gasteiger partial charge in [-0.05, 0) is 25.2 Å². The van der Waals surface area contributed by atoms with E-state index in [9.17, 15) is 4.79 Å². The number of rotatable bonds is 3. The first-order valence-electron chi connectivity index (χ1n) is 4.40. The third kappa shape index (κ3) is 1.71. The number of aldehydes is 1. The van der Waals surface area contributed by atoms with Gasteiger partial charge in [-0.25, -0.2) is 0 Å². The third-order valence-electron chi connectivity index (χ3n) is 3.02. The largest absolute Gasteiger partial charge is 0.303 e. The van der Waals surface area contributed by atoms with E-state index in [4.69, 9.17) is 11.6 Å². The number of halogens is 1. The molecule has 0 aromatic carbocycles. The Labute approximate surface area is 78.8 Å². The van der Waals surface area contributed by atoms with Crippen LogP contribution in [0.4, 0.5) is 0 Å². The fourth-order valence-corrected chi connectivity index (χ4v) is 2.36. The molecule has 2 heteroatoms. The van der Waals surface area contributed by atoms with E-state index in [1.165, 1.54) is 0 Å².